The number of hydrogen-bond acceptors (Lipinski definition) is 3. The van der Waals surface area contributed by atoms with Crippen molar-refractivity contribution in [3.63, 3.8) is 0 Å². The number of amides is 2. The van der Waals surface area contributed by atoms with Crippen LogP contribution in [0.5, 0.6) is 0 Å². The zero-order valence-electron chi connectivity index (χ0n) is 16.1. The van der Waals surface area contributed by atoms with Crippen molar-refractivity contribution in [3.8, 4) is 0 Å². The van der Waals surface area contributed by atoms with Crippen molar-refractivity contribution in [2.75, 3.05) is 13.1 Å². The number of nitrogens with two attached hydrogens (primary N) is 1. The van der Waals surface area contributed by atoms with E-state index in [0.29, 0.717) is 11.5 Å². The summed E-state index contributed by atoms with van der Waals surface area (Å²) in [6.07, 6.45) is 0.0206. The van der Waals surface area contributed by atoms with E-state index in [1.807, 2.05) is 24.3 Å². The van der Waals surface area contributed by atoms with Gasteiger partial charge in [-0.15, -0.1) is 12.4 Å². The van der Waals surface area contributed by atoms with Crippen molar-refractivity contribution in [1.82, 2.24) is 10.6 Å². The minimum atomic E-state index is -0.395. The predicted molar refractivity (Wildman–Crippen MR) is 111 cm³/mol. The third kappa shape index (κ3) is 7.66. The molecule has 2 aromatic carbocycles. The zero-order valence-corrected chi connectivity index (χ0v) is 16.9. The van der Waals surface area contributed by atoms with E-state index < -0.39 is 5.82 Å². The zero-order chi connectivity index (χ0) is 19.8. The van der Waals surface area contributed by atoms with E-state index in [1.54, 1.807) is 12.1 Å². The lowest BCUT2D eigenvalue weighted by molar-refractivity contribution is -0.125. The Morgan fingerprint density at radius 1 is 1.00 bits per heavy atom. The van der Waals surface area contributed by atoms with Gasteiger partial charge in [-0.3, -0.25) is 9.59 Å². The molecule has 0 aliphatic carbocycles. The largest absolute Gasteiger partial charge is 0.353 e. The molecule has 28 heavy (non-hydrogen) atoms. The molecule has 1 unspecified atom stereocenters. The molecule has 5 nitrogen and oxygen atoms in total. The van der Waals surface area contributed by atoms with E-state index in [4.69, 9.17) is 5.73 Å². The lowest BCUT2D eigenvalue weighted by Gasteiger charge is -2.15. The van der Waals surface area contributed by atoms with E-state index in [0.717, 1.165) is 5.56 Å². The van der Waals surface area contributed by atoms with Gasteiger partial charge in [0.25, 0.3) is 0 Å². The maximum atomic E-state index is 13.1. The maximum Gasteiger partial charge on any atom is 0.239 e. The first-order chi connectivity index (χ1) is 12.8. The van der Waals surface area contributed by atoms with Gasteiger partial charge < -0.3 is 16.4 Å². The number of halogens is 2. The van der Waals surface area contributed by atoms with Crippen LogP contribution in [0.4, 0.5) is 4.39 Å². The Balaban J connectivity index is 0.00000392. The normalized spacial score (nSPS) is 11.5. The van der Waals surface area contributed by atoms with Gasteiger partial charge in [0.2, 0.25) is 11.8 Å². The second kappa shape index (κ2) is 11.4. The summed E-state index contributed by atoms with van der Waals surface area (Å²) < 4.78 is 13.1. The van der Waals surface area contributed by atoms with Crippen LogP contribution in [0.1, 0.15) is 42.5 Å². The Morgan fingerprint density at radius 2 is 1.64 bits per heavy atom. The molecule has 0 aliphatic rings. The summed E-state index contributed by atoms with van der Waals surface area (Å²) in [5.41, 5.74) is 8.83. The second-order valence-electron chi connectivity index (χ2n) is 6.82. The smallest absolute Gasteiger partial charge is 0.239 e. The average molecular weight is 408 g/mol. The number of carbonyl (C=O) groups excluding carboxylic acids is 2. The van der Waals surface area contributed by atoms with Gasteiger partial charge in [0.1, 0.15) is 5.82 Å². The monoisotopic (exact) mass is 407 g/mol. The summed E-state index contributed by atoms with van der Waals surface area (Å²) in [7, 11) is 0. The van der Waals surface area contributed by atoms with Crippen molar-refractivity contribution in [1.29, 1.82) is 0 Å². The molecule has 2 amide bonds. The van der Waals surface area contributed by atoms with Gasteiger partial charge in [-0.2, -0.15) is 0 Å². The fraction of sp³-hybridized carbons (Fsp3) is 0.333. The molecule has 0 spiro atoms. The van der Waals surface area contributed by atoms with E-state index in [2.05, 4.69) is 24.5 Å². The van der Waals surface area contributed by atoms with E-state index in [-0.39, 0.29) is 49.8 Å². The quantitative estimate of drug-likeness (QED) is 0.629. The molecule has 0 bridgehead atoms. The van der Waals surface area contributed by atoms with Gasteiger partial charge in [-0.05, 0) is 34.7 Å². The van der Waals surface area contributed by atoms with E-state index in [1.165, 1.54) is 17.7 Å². The fourth-order valence-corrected chi connectivity index (χ4v) is 2.61. The highest BCUT2D eigenvalue weighted by Crippen LogP contribution is 2.17. The highest BCUT2D eigenvalue weighted by Gasteiger charge is 2.10. The molecule has 0 heterocycles. The molecule has 0 aliphatic heterocycles. The van der Waals surface area contributed by atoms with Gasteiger partial charge in [-0.1, -0.05) is 50.2 Å². The van der Waals surface area contributed by atoms with Crippen LogP contribution >= 0.6 is 12.4 Å². The van der Waals surface area contributed by atoms with Gasteiger partial charge >= 0.3 is 0 Å². The highest BCUT2D eigenvalue weighted by atomic mass is 35.5. The van der Waals surface area contributed by atoms with E-state index >= 15 is 0 Å². The molecule has 0 saturated carbocycles. The number of benzene rings is 2. The summed E-state index contributed by atoms with van der Waals surface area (Å²) in [5.74, 6) is -0.611. The molecule has 1 atom stereocenters. The van der Waals surface area contributed by atoms with Crippen LogP contribution in [0.2, 0.25) is 0 Å². The first kappa shape index (κ1) is 23.6. The third-order valence-corrected chi connectivity index (χ3v) is 4.25. The molecular weight excluding hydrogens is 381 g/mol. The standard InChI is InChI=1S/C21H26FN3O2.ClH/c1-14(2)16-6-8-17(9-7-16)19(23)12-24-21(27)13-25-20(26)11-15-4-3-5-18(22)10-15;/h3-10,14,19H,11-13,23H2,1-2H3,(H,24,27)(H,25,26);1H. The van der Waals surface area contributed by atoms with Crippen LogP contribution in [-0.4, -0.2) is 24.9 Å². The van der Waals surface area contributed by atoms with Crippen LogP contribution in [0.3, 0.4) is 0 Å². The van der Waals surface area contributed by atoms with Crippen LogP contribution in [0.15, 0.2) is 48.5 Å². The van der Waals surface area contributed by atoms with E-state index in [9.17, 15) is 14.0 Å². The van der Waals surface area contributed by atoms with Crippen molar-refractivity contribution < 1.29 is 14.0 Å². The summed E-state index contributed by atoms with van der Waals surface area (Å²) in [4.78, 5) is 23.7. The molecule has 4 N–H and O–H groups in total. The first-order valence-electron chi connectivity index (χ1n) is 8.98. The molecule has 2 aromatic rings. The Labute approximate surface area is 171 Å². The summed E-state index contributed by atoms with van der Waals surface area (Å²) in [5, 5.41) is 5.23. The van der Waals surface area contributed by atoms with Crippen molar-refractivity contribution in [2.45, 2.75) is 32.2 Å². The SMILES string of the molecule is CC(C)c1ccc(C(N)CNC(=O)CNC(=O)Cc2cccc(F)c2)cc1.Cl. The average Bonchev–Trinajstić information content (AvgIpc) is 2.64. The number of hydrogen-bond donors (Lipinski definition) is 3. The maximum absolute atomic E-state index is 13.1. The summed E-state index contributed by atoms with van der Waals surface area (Å²) >= 11 is 0. The lowest BCUT2D eigenvalue weighted by Crippen LogP contribution is -2.40. The molecule has 2 rings (SSSR count). The van der Waals surface area contributed by atoms with Crippen molar-refractivity contribution >= 4 is 24.2 Å². The fourth-order valence-electron chi connectivity index (χ4n) is 2.61. The topological polar surface area (TPSA) is 84.2 Å². The number of carbonyl (C=O) groups is 2. The summed E-state index contributed by atoms with van der Waals surface area (Å²) in [6, 6.07) is 13.5. The molecule has 0 aromatic heterocycles. The first-order valence-corrected chi connectivity index (χ1v) is 8.98. The van der Waals surface area contributed by atoms with Gasteiger partial charge in [0, 0.05) is 12.6 Å². The van der Waals surface area contributed by atoms with Crippen LogP contribution < -0.4 is 16.4 Å². The van der Waals surface area contributed by atoms with Gasteiger partial charge in [0.15, 0.2) is 0 Å². The molecule has 0 fully saturated rings. The molecule has 7 heteroatoms. The Bertz CT molecular complexity index is 781. The predicted octanol–water partition coefficient (Wildman–Crippen LogP) is 2.85. The Morgan fingerprint density at radius 3 is 2.25 bits per heavy atom. The number of rotatable bonds is 8. The summed E-state index contributed by atoms with van der Waals surface area (Å²) in [6.45, 7) is 4.38. The molecule has 0 saturated heterocycles. The number of nitrogens with one attached hydrogen (secondary N) is 2. The van der Waals surface area contributed by atoms with Crippen molar-refractivity contribution in [2.24, 2.45) is 5.73 Å². The minimum absolute atomic E-state index is 0. The Kier molecular flexibility index (Phi) is 9.62. The van der Waals surface area contributed by atoms with Crippen LogP contribution in [0.25, 0.3) is 0 Å². The Hall–Kier alpha value is -2.44. The third-order valence-electron chi connectivity index (χ3n) is 4.25. The molecular formula is C21H27ClFN3O2. The van der Waals surface area contributed by atoms with Crippen molar-refractivity contribution in [3.05, 3.63) is 71.0 Å². The minimum Gasteiger partial charge on any atom is -0.353 e. The molecule has 0 radical (unpaired) electrons. The van der Waals surface area contributed by atoms with Gasteiger partial charge in [0.05, 0.1) is 13.0 Å². The highest BCUT2D eigenvalue weighted by molar-refractivity contribution is 5.86. The van der Waals surface area contributed by atoms with Crippen LogP contribution in [0, 0.1) is 5.82 Å². The molecule has 152 valence electrons. The van der Waals surface area contributed by atoms with Gasteiger partial charge in [-0.25, -0.2) is 4.39 Å². The lowest BCUT2D eigenvalue weighted by atomic mass is 9.99. The van der Waals surface area contributed by atoms with Crippen LogP contribution in [-0.2, 0) is 16.0 Å². The second-order valence-corrected chi connectivity index (χ2v) is 6.82.